The summed E-state index contributed by atoms with van der Waals surface area (Å²) in [4.78, 5) is 10.5. The summed E-state index contributed by atoms with van der Waals surface area (Å²) in [6.45, 7) is -0.671. The molecular formula is C6H10CaO6. The molecule has 0 aromatic heterocycles. The molecule has 2 atom stereocenters. The van der Waals surface area contributed by atoms with E-state index < -0.39 is 36.3 Å². The number of rotatable bonds is 2. The Morgan fingerprint density at radius 2 is 2.00 bits per heavy atom. The van der Waals surface area contributed by atoms with Gasteiger partial charge in [0.2, 0.25) is 5.76 Å². The number of aliphatic hydroxyl groups excluding tert-OH is 4. The molecule has 1 aliphatic heterocycles. The van der Waals surface area contributed by atoms with Gasteiger partial charge in [0.25, 0.3) is 0 Å². The molecule has 0 saturated heterocycles. The van der Waals surface area contributed by atoms with Gasteiger partial charge in [0.1, 0.15) is 6.10 Å². The van der Waals surface area contributed by atoms with Crippen molar-refractivity contribution in [2.45, 2.75) is 12.2 Å². The summed E-state index contributed by atoms with van der Waals surface area (Å²) in [7, 11) is 0. The van der Waals surface area contributed by atoms with Crippen molar-refractivity contribution in [3.63, 3.8) is 0 Å². The molecule has 0 aliphatic carbocycles. The molecule has 1 heterocycles. The van der Waals surface area contributed by atoms with Crippen molar-refractivity contribution in [2.24, 2.45) is 0 Å². The van der Waals surface area contributed by atoms with Gasteiger partial charge in [-0.2, -0.15) is 0 Å². The molecule has 1 unspecified atom stereocenters. The summed E-state index contributed by atoms with van der Waals surface area (Å²) in [6, 6.07) is 0. The third-order valence-corrected chi connectivity index (χ3v) is 1.48. The summed E-state index contributed by atoms with van der Waals surface area (Å²) >= 11 is 0. The van der Waals surface area contributed by atoms with Crippen LogP contribution in [0.25, 0.3) is 0 Å². The van der Waals surface area contributed by atoms with E-state index in [9.17, 15) is 4.79 Å². The van der Waals surface area contributed by atoms with Crippen LogP contribution in [0.3, 0.4) is 0 Å². The minimum absolute atomic E-state index is 0. The van der Waals surface area contributed by atoms with E-state index in [0.29, 0.717) is 0 Å². The average Bonchev–Trinajstić information content (AvgIpc) is 2.32. The molecule has 0 amide bonds. The summed E-state index contributed by atoms with van der Waals surface area (Å²) in [5, 5.41) is 35.0. The van der Waals surface area contributed by atoms with Crippen LogP contribution in [-0.2, 0) is 9.53 Å². The van der Waals surface area contributed by atoms with Gasteiger partial charge < -0.3 is 25.2 Å². The Labute approximate surface area is 103 Å². The first kappa shape index (κ1) is 13.0. The summed E-state index contributed by atoms with van der Waals surface area (Å²) in [6.07, 6.45) is -2.78. The number of aliphatic hydroxyl groups is 4. The molecule has 0 spiro atoms. The zero-order chi connectivity index (χ0) is 9.30. The monoisotopic (exact) mass is 218 g/mol. The maximum absolute atomic E-state index is 10.5. The zero-order valence-corrected chi connectivity index (χ0v) is 5.97. The van der Waals surface area contributed by atoms with Crippen LogP contribution in [0.2, 0.25) is 0 Å². The molecule has 4 N–H and O–H groups in total. The Hall–Kier alpha value is -0.0103. The molecule has 1 rings (SSSR count). The average molecular weight is 218 g/mol. The normalized spacial score (nSPS) is 23.8. The number of esters is 1. The molecule has 1 aliphatic rings. The molecule has 13 heavy (non-hydrogen) atoms. The van der Waals surface area contributed by atoms with E-state index in [0.717, 1.165) is 0 Å². The van der Waals surface area contributed by atoms with Crippen LogP contribution in [0.1, 0.15) is 0 Å². The van der Waals surface area contributed by atoms with Gasteiger partial charge in [-0.1, -0.05) is 0 Å². The molecule has 0 fully saturated rings. The fraction of sp³-hybridized carbons (Fsp3) is 0.500. The maximum atomic E-state index is 10.5. The van der Waals surface area contributed by atoms with E-state index in [4.69, 9.17) is 20.4 Å². The standard InChI is InChI=1S/C6H8O6.Ca.2H/c7-1-2(8)5-3(9)4(10)6(11)12-5;;;/h2,5,7-10H,1H2;;;/t2?,5-;;;/m1.../s1. The van der Waals surface area contributed by atoms with Crippen molar-refractivity contribution in [1.82, 2.24) is 0 Å². The number of ether oxygens (including phenoxy) is 1. The topological polar surface area (TPSA) is 107 Å². The van der Waals surface area contributed by atoms with E-state index in [1.54, 1.807) is 0 Å². The van der Waals surface area contributed by atoms with Crippen LogP contribution < -0.4 is 0 Å². The van der Waals surface area contributed by atoms with Crippen molar-refractivity contribution in [2.75, 3.05) is 6.61 Å². The second-order valence-electron chi connectivity index (χ2n) is 2.31. The van der Waals surface area contributed by atoms with Gasteiger partial charge in [0, 0.05) is 0 Å². The van der Waals surface area contributed by atoms with Gasteiger partial charge in [-0.3, -0.25) is 0 Å². The van der Waals surface area contributed by atoms with Crippen LogP contribution in [-0.4, -0.2) is 82.9 Å². The molecule has 0 radical (unpaired) electrons. The number of hydrogen-bond donors (Lipinski definition) is 4. The van der Waals surface area contributed by atoms with Crippen molar-refractivity contribution >= 4 is 43.7 Å². The molecule has 6 nitrogen and oxygen atoms in total. The second kappa shape index (κ2) is 5.02. The molecule has 72 valence electrons. The van der Waals surface area contributed by atoms with Gasteiger partial charge in [-0.05, 0) is 0 Å². The third kappa shape index (κ3) is 2.47. The SMILES string of the molecule is O=C1O[C@H](C(O)CO)C(O)=C1O.[CaH2]. The summed E-state index contributed by atoms with van der Waals surface area (Å²) < 4.78 is 4.32. The van der Waals surface area contributed by atoms with E-state index in [1.807, 2.05) is 0 Å². The van der Waals surface area contributed by atoms with Gasteiger partial charge >= 0.3 is 43.7 Å². The second-order valence-corrected chi connectivity index (χ2v) is 2.31. The quantitative estimate of drug-likeness (QED) is 0.306. The van der Waals surface area contributed by atoms with Crippen molar-refractivity contribution in [3.05, 3.63) is 11.5 Å². The summed E-state index contributed by atoms with van der Waals surface area (Å²) in [5.41, 5.74) is 0. The van der Waals surface area contributed by atoms with E-state index in [-0.39, 0.29) is 37.7 Å². The molecule has 0 aromatic carbocycles. The molecular weight excluding hydrogens is 208 g/mol. The van der Waals surface area contributed by atoms with Gasteiger partial charge in [-0.25, -0.2) is 4.79 Å². The van der Waals surface area contributed by atoms with Crippen molar-refractivity contribution in [1.29, 1.82) is 0 Å². The van der Waals surface area contributed by atoms with Gasteiger partial charge in [0.05, 0.1) is 6.61 Å². The Morgan fingerprint density at radius 1 is 1.46 bits per heavy atom. The molecule has 0 aromatic rings. The van der Waals surface area contributed by atoms with Crippen LogP contribution in [0.5, 0.6) is 0 Å². The zero-order valence-electron chi connectivity index (χ0n) is 5.97. The van der Waals surface area contributed by atoms with Gasteiger partial charge in [-0.15, -0.1) is 0 Å². The fourth-order valence-corrected chi connectivity index (χ4v) is 0.823. The fourth-order valence-electron chi connectivity index (χ4n) is 0.823. The first-order chi connectivity index (χ1) is 5.57. The minimum atomic E-state index is -1.42. The van der Waals surface area contributed by atoms with Gasteiger partial charge in [0.15, 0.2) is 11.9 Å². The molecule has 7 heteroatoms. The molecule has 0 bridgehead atoms. The third-order valence-electron chi connectivity index (χ3n) is 1.48. The predicted molar refractivity (Wildman–Crippen MR) is 43.8 cm³/mol. The predicted octanol–water partition coefficient (Wildman–Crippen LogP) is -2.32. The van der Waals surface area contributed by atoms with Crippen LogP contribution in [0.15, 0.2) is 11.5 Å². The van der Waals surface area contributed by atoms with Crippen molar-refractivity contribution in [3.8, 4) is 0 Å². The van der Waals surface area contributed by atoms with E-state index in [2.05, 4.69) is 4.74 Å². The number of cyclic esters (lactones) is 1. The number of hydrogen-bond acceptors (Lipinski definition) is 6. The summed E-state index contributed by atoms with van der Waals surface area (Å²) in [5.74, 6) is -2.78. The first-order valence-electron chi connectivity index (χ1n) is 3.20. The van der Waals surface area contributed by atoms with Crippen LogP contribution in [0, 0.1) is 0 Å². The Morgan fingerprint density at radius 3 is 2.31 bits per heavy atom. The van der Waals surface area contributed by atoms with Crippen LogP contribution in [0.4, 0.5) is 0 Å². The Kier molecular flexibility index (Phi) is 5.01. The first-order valence-corrected chi connectivity index (χ1v) is 3.20. The number of carbonyl (C=O) groups is 1. The van der Waals surface area contributed by atoms with E-state index >= 15 is 0 Å². The Balaban J connectivity index is 0.00000144. The van der Waals surface area contributed by atoms with E-state index in [1.165, 1.54) is 0 Å². The van der Waals surface area contributed by atoms with Crippen molar-refractivity contribution < 1.29 is 30.0 Å². The Bertz CT molecular complexity index is 237. The number of carbonyl (C=O) groups excluding carboxylic acids is 1. The van der Waals surface area contributed by atoms with Crippen LogP contribution >= 0.6 is 0 Å². The molecule has 0 saturated carbocycles.